The molecule has 0 bridgehead atoms. The van der Waals surface area contributed by atoms with E-state index in [2.05, 4.69) is 20.1 Å². The fourth-order valence-electron chi connectivity index (χ4n) is 3.42. The molecule has 0 saturated carbocycles. The van der Waals surface area contributed by atoms with E-state index >= 15 is 0 Å². The predicted molar refractivity (Wildman–Crippen MR) is 88.6 cm³/mol. The van der Waals surface area contributed by atoms with E-state index in [1.807, 2.05) is 4.90 Å². The Morgan fingerprint density at radius 2 is 2.24 bits per heavy atom. The molecule has 1 fully saturated rings. The Bertz CT molecular complexity index is 910. The van der Waals surface area contributed by atoms with Gasteiger partial charge in [-0.25, -0.2) is 14.4 Å². The van der Waals surface area contributed by atoms with Crippen LogP contribution in [0.5, 0.6) is 0 Å². The zero-order chi connectivity index (χ0) is 17.4. The van der Waals surface area contributed by atoms with Crippen LogP contribution in [-0.4, -0.2) is 43.9 Å². The van der Waals surface area contributed by atoms with Crippen molar-refractivity contribution in [2.75, 3.05) is 18.0 Å². The van der Waals surface area contributed by atoms with Gasteiger partial charge in [0, 0.05) is 13.1 Å². The first-order valence-electron chi connectivity index (χ1n) is 8.20. The van der Waals surface area contributed by atoms with Crippen molar-refractivity contribution in [3.8, 4) is 0 Å². The molecule has 8 heteroatoms. The van der Waals surface area contributed by atoms with Gasteiger partial charge in [0.1, 0.15) is 18.0 Å². The number of rotatable bonds is 3. The average Bonchev–Trinajstić information content (AvgIpc) is 2.99. The number of anilines is 1. The van der Waals surface area contributed by atoms with Gasteiger partial charge in [-0.1, -0.05) is 11.2 Å². The SMILES string of the molecule is Cc1noc(CC2(O)CCCN(c3ncnc4cccc(F)c34)C2)n1. The Labute approximate surface area is 143 Å². The number of halogens is 1. The average molecular weight is 343 g/mol. The highest BCUT2D eigenvalue weighted by molar-refractivity contribution is 5.89. The molecule has 0 amide bonds. The summed E-state index contributed by atoms with van der Waals surface area (Å²) in [7, 11) is 0. The van der Waals surface area contributed by atoms with Crippen LogP contribution in [0.25, 0.3) is 10.9 Å². The predicted octanol–water partition coefficient (Wildman–Crippen LogP) is 2.03. The lowest BCUT2D eigenvalue weighted by Gasteiger charge is -2.39. The third-order valence-corrected chi connectivity index (χ3v) is 4.50. The lowest BCUT2D eigenvalue weighted by atomic mass is 9.89. The van der Waals surface area contributed by atoms with Crippen LogP contribution in [0, 0.1) is 12.7 Å². The highest BCUT2D eigenvalue weighted by Crippen LogP contribution is 2.32. The van der Waals surface area contributed by atoms with Gasteiger partial charge in [0.25, 0.3) is 0 Å². The molecule has 3 heterocycles. The van der Waals surface area contributed by atoms with Crippen molar-refractivity contribution in [1.29, 1.82) is 0 Å². The maximum Gasteiger partial charge on any atom is 0.229 e. The molecule has 0 radical (unpaired) electrons. The van der Waals surface area contributed by atoms with Crippen molar-refractivity contribution in [3.05, 3.63) is 42.1 Å². The second-order valence-electron chi connectivity index (χ2n) is 6.49. The first-order chi connectivity index (χ1) is 12.0. The maximum absolute atomic E-state index is 14.3. The third kappa shape index (κ3) is 3.05. The van der Waals surface area contributed by atoms with Gasteiger partial charge in [0.2, 0.25) is 5.89 Å². The Balaban J connectivity index is 1.65. The van der Waals surface area contributed by atoms with Crippen LogP contribution >= 0.6 is 0 Å². The number of aryl methyl sites for hydroxylation is 1. The first-order valence-corrected chi connectivity index (χ1v) is 8.20. The van der Waals surface area contributed by atoms with E-state index in [1.165, 1.54) is 12.4 Å². The molecule has 1 aromatic carbocycles. The van der Waals surface area contributed by atoms with Gasteiger partial charge in [-0.3, -0.25) is 0 Å². The van der Waals surface area contributed by atoms with Crippen molar-refractivity contribution in [2.24, 2.45) is 0 Å². The minimum atomic E-state index is -1.03. The summed E-state index contributed by atoms with van der Waals surface area (Å²) in [5, 5.41) is 15.1. The molecule has 2 aromatic heterocycles. The van der Waals surface area contributed by atoms with E-state index < -0.39 is 5.60 Å². The molecular weight excluding hydrogens is 325 g/mol. The van der Waals surface area contributed by atoms with Crippen molar-refractivity contribution in [1.82, 2.24) is 20.1 Å². The smallest absolute Gasteiger partial charge is 0.229 e. The van der Waals surface area contributed by atoms with Gasteiger partial charge < -0.3 is 14.5 Å². The van der Waals surface area contributed by atoms with E-state index in [0.29, 0.717) is 47.9 Å². The number of hydrogen-bond donors (Lipinski definition) is 1. The maximum atomic E-state index is 14.3. The Kier molecular flexibility index (Phi) is 3.84. The zero-order valence-electron chi connectivity index (χ0n) is 13.8. The van der Waals surface area contributed by atoms with Crippen molar-refractivity contribution < 1.29 is 14.0 Å². The van der Waals surface area contributed by atoms with Crippen LogP contribution in [0.4, 0.5) is 10.2 Å². The number of hydrogen-bond acceptors (Lipinski definition) is 7. The fourth-order valence-corrected chi connectivity index (χ4v) is 3.42. The molecule has 0 aliphatic carbocycles. The number of aliphatic hydroxyl groups is 1. The Hall–Kier alpha value is -2.61. The number of benzene rings is 1. The Morgan fingerprint density at radius 1 is 1.36 bits per heavy atom. The minimum absolute atomic E-state index is 0.260. The van der Waals surface area contributed by atoms with Crippen molar-refractivity contribution >= 4 is 16.7 Å². The largest absolute Gasteiger partial charge is 0.388 e. The molecule has 4 rings (SSSR count). The second-order valence-corrected chi connectivity index (χ2v) is 6.49. The summed E-state index contributed by atoms with van der Waals surface area (Å²) in [6.45, 7) is 2.74. The molecule has 1 N–H and O–H groups in total. The number of fused-ring (bicyclic) bond motifs is 1. The van der Waals surface area contributed by atoms with Gasteiger partial charge in [0.15, 0.2) is 5.82 Å². The van der Waals surface area contributed by atoms with Crippen LogP contribution < -0.4 is 4.90 Å². The lowest BCUT2D eigenvalue weighted by Crippen LogP contribution is -2.50. The molecule has 0 spiro atoms. The topological polar surface area (TPSA) is 88.2 Å². The number of nitrogens with zero attached hydrogens (tertiary/aromatic N) is 5. The van der Waals surface area contributed by atoms with Gasteiger partial charge in [-0.15, -0.1) is 0 Å². The number of piperidine rings is 1. The summed E-state index contributed by atoms with van der Waals surface area (Å²) < 4.78 is 19.5. The molecule has 25 heavy (non-hydrogen) atoms. The molecule has 1 aliphatic rings. The van der Waals surface area contributed by atoms with Crippen LogP contribution in [0.2, 0.25) is 0 Å². The summed E-state index contributed by atoms with van der Waals surface area (Å²) in [4.78, 5) is 14.5. The fraction of sp³-hybridized carbons (Fsp3) is 0.412. The molecule has 1 aliphatic heterocycles. The zero-order valence-corrected chi connectivity index (χ0v) is 13.8. The van der Waals surface area contributed by atoms with E-state index in [0.717, 1.165) is 6.42 Å². The van der Waals surface area contributed by atoms with Gasteiger partial charge in [-0.05, 0) is 31.9 Å². The molecule has 1 atom stereocenters. The molecule has 1 saturated heterocycles. The Morgan fingerprint density at radius 3 is 3.04 bits per heavy atom. The third-order valence-electron chi connectivity index (χ3n) is 4.50. The second kappa shape index (κ2) is 6.03. The van der Waals surface area contributed by atoms with Gasteiger partial charge in [-0.2, -0.15) is 4.98 Å². The van der Waals surface area contributed by atoms with Gasteiger partial charge >= 0.3 is 0 Å². The van der Waals surface area contributed by atoms with Crippen molar-refractivity contribution in [3.63, 3.8) is 0 Å². The summed E-state index contributed by atoms with van der Waals surface area (Å²) in [6.07, 6.45) is 3.04. The molecule has 130 valence electrons. The molecular formula is C17H18FN5O2. The summed E-state index contributed by atoms with van der Waals surface area (Å²) in [5.74, 6) is 1.08. The van der Waals surface area contributed by atoms with Crippen LogP contribution in [0.1, 0.15) is 24.6 Å². The summed E-state index contributed by atoms with van der Waals surface area (Å²) in [5.41, 5.74) is -0.480. The normalized spacial score (nSPS) is 21.0. The first kappa shape index (κ1) is 15.9. The highest BCUT2D eigenvalue weighted by Gasteiger charge is 2.36. The molecule has 1 unspecified atom stereocenters. The number of aromatic nitrogens is 4. The molecule has 3 aromatic rings. The van der Waals surface area contributed by atoms with E-state index in [4.69, 9.17) is 4.52 Å². The van der Waals surface area contributed by atoms with E-state index in [1.54, 1.807) is 19.1 Å². The number of β-amino-alcohol motifs (C(OH)–C–C–N with tert-alkyl or cyclic N) is 1. The highest BCUT2D eigenvalue weighted by atomic mass is 19.1. The van der Waals surface area contributed by atoms with E-state index in [-0.39, 0.29) is 12.2 Å². The quantitative estimate of drug-likeness (QED) is 0.778. The summed E-state index contributed by atoms with van der Waals surface area (Å²) in [6, 6.07) is 4.77. The van der Waals surface area contributed by atoms with Crippen LogP contribution in [-0.2, 0) is 6.42 Å². The monoisotopic (exact) mass is 343 g/mol. The lowest BCUT2D eigenvalue weighted by molar-refractivity contribution is 0.0192. The minimum Gasteiger partial charge on any atom is -0.388 e. The summed E-state index contributed by atoms with van der Waals surface area (Å²) >= 11 is 0. The van der Waals surface area contributed by atoms with E-state index in [9.17, 15) is 9.50 Å². The standard InChI is InChI=1S/C17H18FN5O2/c1-11-21-14(25-22-11)8-17(24)6-3-7-23(9-17)16-15-12(18)4-2-5-13(15)19-10-20-16/h2,4-5,10,24H,3,6-9H2,1H3. The van der Waals surface area contributed by atoms with Crippen LogP contribution in [0.3, 0.4) is 0 Å². The van der Waals surface area contributed by atoms with Crippen LogP contribution in [0.15, 0.2) is 29.0 Å². The van der Waals surface area contributed by atoms with Gasteiger partial charge in [0.05, 0.1) is 22.9 Å². The van der Waals surface area contributed by atoms with Crippen molar-refractivity contribution in [2.45, 2.75) is 31.8 Å². The molecule has 7 nitrogen and oxygen atoms in total.